The third kappa shape index (κ3) is 2.25. The maximum absolute atomic E-state index is 4.72. The fourth-order valence-electron chi connectivity index (χ4n) is 2.06. The van der Waals surface area contributed by atoms with Gasteiger partial charge in [-0.3, -0.25) is 0 Å². The molecule has 0 aliphatic rings. The molecule has 0 fully saturated rings. The number of hydrogen-bond acceptors (Lipinski definition) is 3. The van der Waals surface area contributed by atoms with E-state index in [2.05, 4.69) is 44.2 Å². The number of nitrogens with zero attached hydrogens (tertiary/aromatic N) is 3. The molecule has 4 heteroatoms. The summed E-state index contributed by atoms with van der Waals surface area (Å²) in [6.07, 6.45) is 1.95. The van der Waals surface area contributed by atoms with E-state index in [9.17, 15) is 0 Å². The molecular weight excluding hydrogens is 224 g/mol. The summed E-state index contributed by atoms with van der Waals surface area (Å²) >= 11 is 0. The van der Waals surface area contributed by atoms with Gasteiger partial charge in [0.05, 0.1) is 17.4 Å². The fraction of sp³-hybridized carbons (Fsp3) is 0.571. The highest BCUT2D eigenvalue weighted by molar-refractivity contribution is 5.54. The number of rotatable bonds is 4. The molecule has 18 heavy (non-hydrogen) atoms. The molecule has 2 rings (SSSR count). The molecule has 0 atom stereocenters. The highest BCUT2D eigenvalue weighted by atomic mass is 15.3. The molecule has 0 radical (unpaired) electrons. The van der Waals surface area contributed by atoms with Gasteiger partial charge in [0.15, 0.2) is 0 Å². The van der Waals surface area contributed by atoms with Crippen LogP contribution in [0.3, 0.4) is 0 Å². The van der Waals surface area contributed by atoms with Crippen LogP contribution in [-0.2, 0) is 6.54 Å². The molecule has 98 valence electrons. The van der Waals surface area contributed by atoms with Crippen LogP contribution in [0.2, 0.25) is 0 Å². The van der Waals surface area contributed by atoms with E-state index in [0.717, 1.165) is 23.6 Å². The lowest BCUT2D eigenvalue weighted by molar-refractivity contribution is 0.715. The number of hydrogen-bond donors (Lipinski definition) is 1. The Morgan fingerprint density at radius 1 is 1.22 bits per heavy atom. The summed E-state index contributed by atoms with van der Waals surface area (Å²) < 4.78 is 1.98. The third-order valence-corrected chi connectivity index (χ3v) is 3.14. The van der Waals surface area contributed by atoms with Crippen LogP contribution in [0.15, 0.2) is 12.3 Å². The Kier molecular flexibility index (Phi) is 3.66. The minimum atomic E-state index is 0.375. The predicted octanol–water partition coefficient (Wildman–Crippen LogP) is 2.70. The van der Waals surface area contributed by atoms with Crippen molar-refractivity contribution >= 4 is 5.52 Å². The summed E-state index contributed by atoms with van der Waals surface area (Å²) in [6.45, 7) is 9.45. The zero-order valence-corrected chi connectivity index (χ0v) is 11.9. The molecule has 2 aromatic heterocycles. The molecule has 0 saturated carbocycles. The van der Waals surface area contributed by atoms with Crippen molar-refractivity contribution in [3.63, 3.8) is 0 Å². The SMILES string of the molecule is CNCc1nc(C(C)C)n2ncc(C(C)C)cc12. The summed E-state index contributed by atoms with van der Waals surface area (Å²) in [7, 11) is 1.94. The average Bonchev–Trinajstić information content (AvgIpc) is 2.68. The maximum Gasteiger partial charge on any atom is 0.133 e. The largest absolute Gasteiger partial charge is 0.314 e. The van der Waals surface area contributed by atoms with Gasteiger partial charge >= 0.3 is 0 Å². The van der Waals surface area contributed by atoms with E-state index in [4.69, 9.17) is 4.98 Å². The van der Waals surface area contributed by atoms with Gasteiger partial charge < -0.3 is 5.32 Å². The van der Waals surface area contributed by atoms with E-state index in [0.29, 0.717) is 11.8 Å². The minimum Gasteiger partial charge on any atom is -0.314 e. The first-order chi connectivity index (χ1) is 8.54. The number of aromatic nitrogens is 3. The van der Waals surface area contributed by atoms with E-state index in [1.807, 2.05) is 17.8 Å². The Labute approximate surface area is 108 Å². The van der Waals surface area contributed by atoms with Crippen LogP contribution in [0, 0.1) is 0 Å². The summed E-state index contributed by atoms with van der Waals surface area (Å²) in [4.78, 5) is 4.72. The quantitative estimate of drug-likeness (QED) is 0.902. The zero-order chi connectivity index (χ0) is 13.3. The number of imidazole rings is 1. The number of nitrogens with one attached hydrogen (secondary N) is 1. The van der Waals surface area contributed by atoms with Gasteiger partial charge in [-0.1, -0.05) is 27.7 Å². The first kappa shape index (κ1) is 13.0. The van der Waals surface area contributed by atoms with Gasteiger partial charge in [-0.05, 0) is 24.6 Å². The molecule has 0 unspecified atom stereocenters. The topological polar surface area (TPSA) is 42.2 Å². The minimum absolute atomic E-state index is 0.375. The highest BCUT2D eigenvalue weighted by Gasteiger charge is 2.15. The van der Waals surface area contributed by atoms with Crippen molar-refractivity contribution in [1.82, 2.24) is 19.9 Å². The molecule has 0 saturated heterocycles. The van der Waals surface area contributed by atoms with Gasteiger partial charge in [-0.15, -0.1) is 0 Å². The third-order valence-electron chi connectivity index (χ3n) is 3.14. The summed E-state index contributed by atoms with van der Waals surface area (Å²) in [5.41, 5.74) is 3.46. The molecular formula is C14H22N4. The van der Waals surface area contributed by atoms with E-state index in [1.54, 1.807) is 0 Å². The van der Waals surface area contributed by atoms with Gasteiger partial charge in [0.25, 0.3) is 0 Å². The molecule has 1 N–H and O–H groups in total. The molecule has 2 aromatic rings. The van der Waals surface area contributed by atoms with Gasteiger partial charge in [-0.2, -0.15) is 5.10 Å². The predicted molar refractivity (Wildman–Crippen MR) is 73.9 cm³/mol. The Bertz CT molecular complexity index is 540. The molecule has 4 nitrogen and oxygen atoms in total. The Morgan fingerprint density at radius 2 is 1.94 bits per heavy atom. The Hall–Kier alpha value is -1.42. The molecule has 0 bridgehead atoms. The summed E-state index contributed by atoms with van der Waals surface area (Å²) in [5, 5.41) is 7.73. The van der Waals surface area contributed by atoms with Crippen LogP contribution in [0.5, 0.6) is 0 Å². The maximum atomic E-state index is 4.72. The van der Waals surface area contributed by atoms with Gasteiger partial charge in [-0.25, -0.2) is 9.50 Å². The lowest BCUT2D eigenvalue weighted by Gasteiger charge is -2.07. The lowest BCUT2D eigenvalue weighted by Crippen LogP contribution is -2.06. The van der Waals surface area contributed by atoms with Gasteiger partial charge in [0.2, 0.25) is 0 Å². The van der Waals surface area contributed by atoms with Crippen molar-refractivity contribution in [3.8, 4) is 0 Å². The zero-order valence-electron chi connectivity index (χ0n) is 11.9. The molecule has 2 heterocycles. The van der Waals surface area contributed by atoms with Gasteiger partial charge in [0.1, 0.15) is 5.82 Å². The molecule has 0 spiro atoms. The Morgan fingerprint density at radius 3 is 2.50 bits per heavy atom. The summed E-state index contributed by atoms with van der Waals surface area (Å²) in [6, 6.07) is 2.21. The number of fused-ring (bicyclic) bond motifs is 1. The van der Waals surface area contributed by atoms with Crippen LogP contribution < -0.4 is 5.32 Å². The second-order valence-corrected chi connectivity index (χ2v) is 5.34. The van der Waals surface area contributed by atoms with Crippen molar-refractivity contribution in [3.05, 3.63) is 29.3 Å². The van der Waals surface area contributed by atoms with Crippen LogP contribution in [0.25, 0.3) is 5.52 Å². The summed E-state index contributed by atoms with van der Waals surface area (Å²) in [5.74, 6) is 1.90. The van der Waals surface area contributed by atoms with Crippen LogP contribution >= 0.6 is 0 Å². The molecule has 0 aliphatic heterocycles. The Balaban J connectivity index is 2.63. The van der Waals surface area contributed by atoms with Crippen molar-refractivity contribution in [2.75, 3.05) is 7.05 Å². The van der Waals surface area contributed by atoms with Crippen LogP contribution in [0.1, 0.15) is 56.6 Å². The molecule has 0 aromatic carbocycles. The van der Waals surface area contributed by atoms with E-state index >= 15 is 0 Å². The average molecular weight is 246 g/mol. The van der Waals surface area contributed by atoms with Crippen LogP contribution in [-0.4, -0.2) is 21.6 Å². The normalized spacial score (nSPS) is 11.9. The second-order valence-electron chi connectivity index (χ2n) is 5.34. The van der Waals surface area contributed by atoms with Gasteiger partial charge in [0, 0.05) is 12.5 Å². The second kappa shape index (κ2) is 5.06. The van der Waals surface area contributed by atoms with Crippen LogP contribution in [0.4, 0.5) is 0 Å². The monoisotopic (exact) mass is 246 g/mol. The standard InChI is InChI=1S/C14H22N4/c1-9(2)11-6-13-12(8-15-5)17-14(10(3)4)18(13)16-7-11/h6-7,9-10,15H,8H2,1-5H3. The molecule has 0 amide bonds. The highest BCUT2D eigenvalue weighted by Crippen LogP contribution is 2.22. The van der Waals surface area contributed by atoms with Crippen molar-refractivity contribution < 1.29 is 0 Å². The van der Waals surface area contributed by atoms with E-state index in [1.165, 1.54) is 5.56 Å². The fourth-order valence-corrected chi connectivity index (χ4v) is 2.06. The smallest absolute Gasteiger partial charge is 0.133 e. The van der Waals surface area contributed by atoms with E-state index in [-0.39, 0.29) is 0 Å². The van der Waals surface area contributed by atoms with Crippen molar-refractivity contribution in [2.45, 2.75) is 46.1 Å². The van der Waals surface area contributed by atoms with Crippen molar-refractivity contribution in [1.29, 1.82) is 0 Å². The van der Waals surface area contributed by atoms with Crippen molar-refractivity contribution in [2.24, 2.45) is 0 Å². The first-order valence-corrected chi connectivity index (χ1v) is 6.56. The lowest BCUT2D eigenvalue weighted by atomic mass is 10.1. The van der Waals surface area contributed by atoms with E-state index < -0.39 is 0 Å². The first-order valence-electron chi connectivity index (χ1n) is 6.56. The molecule has 0 aliphatic carbocycles.